The number of hydrogen-bond acceptors (Lipinski definition) is 7. The fraction of sp³-hybridized carbons (Fsp3) is 0.267. The normalized spacial score (nSPS) is 13.3. The molecule has 0 saturated heterocycles. The Morgan fingerprint density at radius 3 is 2.43 bits per heavy atom. The molecule has 8 heteroatoms. The molecule has 2 heterocycles. The molecule has 0 spiro atoms. The van der Waals surface area contributed by atoms with Gasteiger partial charge in [-0.25, -0.2) is 4.79 Å². The molecule has 0 aliphatic carbocycles. The predicted octanol–water partition coefficient (Wildman–Crippen LogP) is 1.32. The number of hydrogen-bond donors (Lipinski definition) is 0. The van der Waals surface area contributed by atoms with Gasteiger partial charge in [0.15, 0.2) is 5.82 Å². The van der Waals surface area contributed by atoms with Crippen molar-refractivity contribution in [3.8, 4) is 0 Å². The van der Waals surface area contributed by atoms with E-state index in [1.54, 1.807) is 12.1 Å². The number of amides is 2. The third-order valence-corrected chi connectivity index (χ3v) is 3.32. The summed E-state index contributed by atoms with van der Waals surface area (Å²) < 4.78 is 4.95. The van der Waals surface area contributed by atoms with Gasteiger partial charge in [-0.3, -0.25) is 9.59 Å². The topological polar surface area (TPSA) is 103 Å². The first-order valence-electron chi connectivity index (χ1n) is 7.10. The standard InChI is InChI=1S/C15H13N3O5/c1-2-11-16-12(22-17-11)7-8-13(19)23-18-14(20)9-5-3-4-6-10(9)15(18)21/h3-6H,2,7-8H2,1H3. The Morgan fingerprint density at radius 1 is 1.22 bits per heavy atom. The number of aromatic nitrogens is 2. The van der Waals surface area contributed by atoms with Crippen molar-refractivity contribution in [2.75, 3.05) is 0 Å². The number of carbonyl (C=O) groups is 3. The molecule has 1 aromatic heterocycles. The molecule has 1 aromatic carbocycles. The van der Waals surface area contributed by atoms with Crippen molar-refractivity contribution in [2.45, 2.75) is 26.2 Å². The van der Waals surface area contributed by atoms with Crippen LogP contribution in [0.25, 0.3) is 0 Å². The summed E-state index contributed by atoms with van der Waals surface area (Å²) >= 11 is 0. The van der Waals surface area contributed by atoms with Gasteiger partial charge in [-0.2, -0.15) is 4.98 Å². The number of carbonyl (C=O) groups excluding carboxylic acids is 3. The van der Waals surface area contributed by atoms with E-state index in [9.17, 15) is 14.4 Å². The minimum Gasteiger partial charge on any atom is -0.339 e. The molecule has 0 fully saturated rings. The summed E-state index contributed by atoms with van der Waals surface area (Å²) in [6.07, 6.45) is 0.719. The van der Waals surface area contributed by atoms with Crippen LogP contribution in [-0.4, -0.2) is 33.0 Å². The maximum Gasteiger partial charge on any atom is 0.333 e. The Morgan fingerprint density at radius 2 is 1.87 bits per heavy atom. The van der Waals surface area contributed by atoms with Crippen LogP contribution < -0.4 is 0 Å². The van der Waals surface area contributed by atoms with Crippen LogP contribution in [0.2, 0.25) is 0 Å². The first-order valence-corrected chi connectivity index (χ1v) is 7.10. The Labute approximate surface area is 131 Å². The summed E-state index contributed by atoms with van der Waals surface area (Å²) in [5.74, 6) is -1.17. The molecular weight excluding hydrogens is 302 g/mol. The maximum atomic E-state index is 12.0. The van der Waals surface area contributed by atoms with E-state index in [0.29, 0.717) is 23.2 Å². The summed E-state index contributed by atoms with van der Waals surface area (Å²) in [4.78, 5) is 44.9. The second-order valence-corrected chi connectivity index (χ2v) is 4.87. The van der Waals surface area contributed by atoms with E-state index in [0.717, 1.165) is 0 Å². The average molecular weight is 315 g/mol. The van der Waals surface area contributed by atoms with Crippen LogP contribution in [0.5, 0.6) is 0 Å². The monoisotopic (exact) mass is 315 g/mol. The Hall–Kier alpha value is -3.03. The highest BCUT2D eigenvalue weighted by molar-refractivity contribution is 6.20. The Bertz CT molecular complexity index is 748. The fourth-order valence-corrected chi connectivity index (χ4v) is 2.14. The lowest BCUT2D eigenvalue weighted by atomic mass is 10.1. The van der Waals surface area contributed by atoms with Gasteiger partial charge in [0.2, 0.25) is 5.89 Å². The first kappa shape index (κ1) is 14.9. The minimum absolute atomic E-state index is 0.0846. The second-order valence-electron chi connectivity index (χ2n) is 4.87. The van der Waals surface area contributed by atoms with Crippen LogP contribution in [0.4, 0.5) is 0 Å². The van der Waals surface area contributed by atoms with Gasteiger partial charge in [0, 0.05) is 12.8 Å². The van der Waals surface area contributed by atoms with Crippen LogP contribution in [0.1, 0.15) is 45.8 Å². The third-order valence-electron chi connectivity index (χ3n) is 3.32. The summed E-state index contributed by atoms with van der Waals surface area (Å²) in [6.45, 7) is 1.88. The van der Waals surface area contributed by atoms with Crippen LogP contribution in [-0.2, 0) is 22.5 Å². The van der Waals surface area contributed by atoms with E-state index in [1.165, 1.54) is 12.1 Å². The molecule has 2 amide bonds. The highest BCUT2D eigenvalue weighted by Crippen LogP contribution is 2.22. The van der Waals surface area contributed by atoms with Gasteiger partial charge in [0.1, 0.15) is 0 Å². The van der Waals surface area contributed by atoms with Crippen molar-refractivity contribution in [3.05, 3.63) is 47.1 Å². The highest BCUT2D eigenvalue weighted by Gasteiger charge is 2.38. The molecule has 118 valence electrons. The molecule has 0 atom stereocenters. The molecule has 3 rings (SSSR count). The van der Waals surface area contributed by atoms with Crippen LogP contribution in [0.3, 0.4) is 0 Å². The van der Waals surface area contributed by atoms with Gasteiger partial charge in [-0.15, -0.1) is 0 Å². The molecule has 0 unspecified atom stereocenters. The quantitative estimate of drug-likeness (QED) is 0.766. The lowest BCUT2D eigenvalue weighted by molar-refractivity contribution is -0.168. The van der Waals surface area contributed by atoms with E-state index in [4.69, 9.17) is 9.36 Å². The summed E-state index contributed by atoms with van der Waals surface area (Å²) in [5.41, 5.74) is 0.435. The molecule has 23 heavy (non-hydrogen) atoms. The molecule has 1 aliphatic rings. The van der Waals surface area contributed by atoms with E-state index >= 15 is 0 Å². The third kappa shape index (κ3) is 2.83. The van der Waals surface area contributed by atoms with Crippen LogP contribution in [0, 0.1) is 0 Å². The summed E-state index contributed by atoms with van der Waals surface area (Å²) in [6, 6.07) is 6.29. The first-order chi connectivity index (χ1) is 11.1. The minimum atomic E-state index is -0.726. The van der Waals surface area contributed by atoms with Crippen molar-refractivity contribution in [1.82, 2.24) is 15.2 Å². The van der Waals surface area contributed by atoms with Gasteiger partial charge in [-0.05, 0) is 12.1 Å². The Balaban J connectivity index is 1.60. The van der Waals surface area contributed by atoms with Crippen molar-refractivity contribution in [1.29, 1.82) is 0 Å². The highest BCUT2D eigenvalue weighted by atomic mass is 16.7. The number of fused-ring (bicyclic) bond motifs is 1. The van der Waals surface area contributed by atoms with Gasteiger partial charge >= 0.3 is 5.97 Å². The van der Waals surface area contributed by atoms with Gasteiger partial charge in [-0.1, -0.05) is 29.3 Å². The number of benzene rings is 1. The molecule has 0 saturated carbocycles. The number of rotatable bonds is 5. The predicted molar refractivity (Wildman–Crippen MR) is 75.0 cm³/mol. The average Bonchev–Trinajstić information content (AvgIpc) is 3.12. The molecule has 1 aliphatic heterocycles. The van der Waals surface area contributed by atoms with E-state index in [2.05, 4.69) is 10.1 Å². The zero-order valence-electron chi connectivity index (χ0n) is 12.3. The van der Waals surface area contributed by atoms with E-state index < -0.39 is 17.8 Å². The molecular formula is C15H13N3O5. The molecule has 0 radical (unpaired) electrons. The van der Waals surface area contributed by atoms with Crippen LogP contribution >= 0.6 is 0 Å². The van der Waals surface area contributed by atoms with Crippen molar-refractivity contribution >= 4 is 17.8 Å². The van der Waals surface area contributed by atoms with Gasteiger partial charge in [0.05, 0.1) is 17.5 Å². The Kier molecular flexibility index (Phi) is 3.88. The second kappa shape index (κ2) is 5.99. The number of nitrogens with zero attached hydrogens (tertiary/aromatic N) is 3. The lowest BCUT2D eigenvalue weighted by Gasteiger charge is -2.12. The van der Waals surface area contributed by atoms with E-state index in [1.807, 2.05) is 6.92 Å². The smallest absolute Gasteiger partial charge is 0.333 e. The molecule has 0 N–H and O–H groups in total. The zero-order chi connectivity index (χ0) is 16.4. The van der Waals surface area contributed by atoms with Crippen LogP contribution in [0.15, 0.2) is 28.8 Å². The fourth-order valence-electron chi connectivity index (χ4n) is 2.14. The molecule has 2 aromatic rings. The van der Waals surface area contributed by atoms with Gasteiger partial charge < -0.3 is 9.36 Å². The van der Waals surface area contributed by atoms with Crippen molar-refractivity contribution < 1.29 is 23.7 Å². The number of aryl methyl sites for hydroxylation is 2. The summed E-state index contributed by atoms with van der Waals surface area (Å²) in [7, 11) is 0. The lowest BCUT2D eigenvalue weighted by Crippen LogP contribution is -2.32. The largest absolute Gasteiger partial charge is 0.339 e. The van der Waals surface area contributed by atoms with Crippen molar-refractivity contribution in [2.24, 2.45) is 0 Å². The SMILES string of the molecule is CCc1noc(CCC(=O)ON2C(=O)c3ccccc3C2=O)n1. The maximum absolute atomic E-state index is 12.0. The number of imide groups is 1. The molecule has 8 nitrogen and oxygen atoms in total. The van der Waals surface area contributed by atoms with E-state index in [-0.39, 0.29) is 24.0 Å². The molecule has 0 bridgehead atoms. The van der Waals surface area contributed by atoms with Crippen molar-refractivity contribution in [3.63, 3.8) is 0 Å². The summed E-state index contributed by atoms with van der Waals surface area (Å²) in [5, 5.41) is 4.19. The van der Waals surface area contributed by atoms with Gasteiger partial charge in [0.25, 0.3) is 11.8 Å². The zero-order valence-corrected chi connectivity index (χ0v) is 12.3. The number of hydroxylamine groups is 2.